The molecule has 0 aromatic carbocycles. The zero-order chi connectivity index (χ0) is 19.5. The average Bonchev–Trinajstić information content (AvgIpc) is 2.58. The van der Waals surface area contributed by atoms with Gasteiger partial charge in [-0.15, -0.1) is 0 Å². The number of alkyl halides is 3. The molecule has 6 nitrogen and oxygen atoms in total. The molecule has 1 N–H and O–H groups in total. The van der Waals surface area contributed by atoms with Crippen molar-refractivity contribution in [3.8, 4) is 0 Å². The van der Waals surface area contributed by atoms with Gasteiger partial charge in [0, 0.05) is 12.4 Å². The van der Waals surface area contributed by atoms with Crippen molar-refractivity contribution >= 4 is 11.9 Å². The summed E-state index contributed by atoms with van der Waals surface area (Å²) in [6.45, 7) is 0.927. The number of amides is 1. The Kier molecular flexibility index (Phi) is 5.53. The van der Waals surface area contributed by atoms with Crippen molar-refractivity contribution in [1.82, 2.24) is 14.9 Å². The lowest BCUT2D eigenvalue weighted by Gasteiger charge is -2.27. The van der Waals surface area contributed by atoms with Gasteiger partial charge in [0.2, 0.25) is 0 Å². The van der Waals surface area contributed by atoms with Gasteiger partial charge in [0.1, 0.15) is 5.82 Å². The number of aliphatic carboxylic acids is 1. The van der Waals surface area contributed by atoms with Crippen molar-refractivity contribution in [2.75, 3.05) is 0 Å². The number of nitrogens with zero attached hydrogens (tertiary/aromatic N) is 3. The van der Waals surface area contributed by atoms with E-state index in [1.165, 1.54) is 19.2 Å². The van der Waals surface area contributed by atoms with Gasteiger partial charge < -0.3 is 10.0 Å². The van der Waals surface area contributed by atoms with Crippen molar-refractivity contribution in [3.63, 3.8) is 0 Å². The molecule has 2 aromatic heterocycles. The van der Waals surface area contributed by atoms with Crippen LogP contribution in [0.25, 0.3) is 0 Å². The van der Waals surface area contributed by atoms with E-state index in [-0.39, 0.29) is 11.4 Å². The van der Waals surface area contributed by atoms with Crippen molar-refractivity contribution < 1.29 is 32.3 Å². The topological polar surface area (TPSA) is 83.4 Å². The SMILES string of the molecule is CC(c1ncccc1F)N(Cc1ccc(C(F)(F)F)cn1)C(=O)C(=O)O. The molecule has 1 atom stereocenters. The Balaban J connectivity index is 2.33. The summed E-state index contributed by atoms with van der Waals surface area (Å²) in [7, 11) is 0. The molecule has 0 saturated heterocycles. The maximum atomic E-state index is 13.9. The smallest absolute Gasteiger partial charge is 0.417 e. The summed E-state index contributed by atoms with van der Waals surface area (Å²) in [5.74, 6) is -3.90. The highest BCUT2D eigenvalue weighted by molar-refractivity contribution is 6.31. The molecule has 138 valence electrons. The Labute approximate surface area is 145 Å². The fourth-order valence-corrected chi connectivity index (χ4v) is 2.22. The minimum Gasteiger partial charge on any atom is -0.474 e. The van der Waals surface area contributed by atoms with Crippen LogP contribution in [0, 0.1) is 5.82 Å². The highest BCUT2D eigenvalue weighted by Gasteiger charge is 2.32. The molecule has 0 aliphatic heterocycles. The Morgan fingerprint density at radius 1 is 1.23 bits per heavy atom. The van der Waals surface area contributed by atoms with Crippen molar-refractivity contribution in [2.24, 2.45) is 0 Å². The maximum Gasteiger partial charge on any atom is 0.417 e. The van der Waals surface area contributed by atoms with Crippen LogP contribution in [0.2, 0.25) is 0 Å². The van der Waals surface area contributed by atoms with Crippen LogP contribution in [0.4, 0.5) is 17.6 Å². The molecule has 10 heteroatoms. The van der Waals surface area contributed by atoms with Gasteiger partial charge in [-0.25, -0.2) is 9.18 Å². The molecular weight excluding hydrogens is 358 g/mol. The van der Waals surface area contributed by atoms with E-state index >= 15 is 0 Å². The number of carbonyl (C=O) groups excluding carboxylic acids is 1. The fraction of sp³-hybridized carbons (Fsp3) is 0.250. The van der Waals surface area contributed by atoms with Crippen LogP contribution in [0.3, 0.4) is 0 Å². The fourth-order valence-electron chi connectivity index (χ4n) is 2.22. The normalized spacial score (nSPS) is 12.5. The number of halogens is 4. The third kappa shape index (κ3) is 4.32. The summed E-state index contributed by atoms with van der Waals surface area (Å²) < 4.78 is 51.6. The monoisotopic (exact) mass is 371 g/mol. The van der Waals surface area contributed by atoms with Crippen LogP contribution < -0.4 is 0 Å². The van der Waals surface area contributed by atoms with E-state index < -0.39 is 42.0 Å². The van der Waals surface area contributed by atoms with E-state index in [1.54, 1.807) is 0 Å². The molecule has 0 bridgehead atoms. The molecule has 2 heterocycles. The van der Waals surface area contributed by atoms with Gasteiger partial charge in [-0.3, -0.25) is 14.8 Å². The minimum atomic E-state index is -4.58. The second-order valence-electron chi connectivity index (χ2n) is 5.32. The second-order valence-corrected chi connectivity index (χ2v) is 5.32. The predicted octanol–water partition coefficient (Wildman–Crippen LogP) is 2.81. The lowest BCUT2D eigenvalue weighted by molar-refractivity contribution is -0.157. The molecule has 0 saturated carbocycles. The van der Waals surface area contributed by atoms with E-state index in [2.05, 4.69) is 9.97 Å². The molecular formula is C16H13F4N3O3. The highest BCUT2D eigenvalue weighted by Crippen LogP contribution is 2.29. The molecule has 26 heavy (non-hydrogen) atoms. The van der Waals surface area contributed by atoms with E-state index in [4.69, 9.17) is 5.11 Å². The van der Waals surface area contributed by atoms with Crippen molar-refractivity contribution in [3.05, 3.63) is 59.4 Å². The van der Waals surface area contributed by atoms with Crippen LogP contribution >= 0.6 is 0 Å². The molecule has 0 aliphatic carbocycles. The molecule has 0 fully saturated rings. The first-order valence-electron chi connectivity index (χ1n) is 7.27. The third-order valence-corrected chi connectivity index (χ3v) is 3.58. The molecule has 2 rings (SSSR count). The molecule has 0 aliphatic rings. The van der Waals surface area contributed by atoms with Crippen LogP contribution in [-0.4, -0.2) is 31.9 Å². The number of carboxylic acids is 1. The highest BCUT2D eigenvalue weighted by atomic mass is 19.4. The molecule has 2 aromatic rings. The van der Waals surface area contributed by atoms with E-state index in [1.807, 2.05) is 0 Å². The zero-order valence-electron chi connectivity index (χ0n) is 13.4. The average molecular weight is 371 g/mol. The Morgan fingerprint density at radius 2 is 1.92 bits per heavy atom. The van der Waals surface area contributed by atoms with Gasteiger partial charge in [-0.2, -0.15) is 13.2 Å². The second kappa shape index (κ2) is 7.46. The molecule has 0 radical (unpaired) electrons. The zero-order valence-corrected chi connectivity index (χ0v) is 13.4. The Hall–Kier alpha value is -3.04. The van der Waals surface area contributed by atoms with Gasteiger partial charge in [0.05, 0.1) is 29.5 Å². The van der Waals surface area contributed by atoms with Crippen LogP contribution in [-0.2, 0) is 22.3 Å². The molecule has 1 amide bonds. The number of carboxylic acid groups (broad SMARTS) is 1. The largest absolute Gasteiger partial charge is 0.474 e. The third-order valence-electron chi connectivity index (χ3n) is 3.58. The van der Waals surface area contributed by atoms with Gasteiger partial charge in [0.25, 0.3) is 0 Å². The Bertz CT molecular complexity index is 809. The maximum absolute atomic E-state index is 13.9. The van der Waals surface area contributed by atoms with Crippen LogP contribution in [0.1, 0.15) is 29.9 Å². The standard InChI is InChI=1S/C16H13F4N3O3/c1-9(13-12(17)3-2-6-21-13)23(14(24)15(25)26)8-11-5-4-10(7-22-11)16(18,19)20/h2-7,9H,8H2,1H3,(H,25,26). The first-order chi connectivity index (χ1) is 12.1. The number of carbonyl (C=O) groups is 2. The number of hydrogen-bond acceptors (Lipinski definition) is 4. The van der Waals surface area contributed by atoms with Crippen molar-refractivity contribution in [2.45, 2.75) is 25.7 Å². The van der Waals surface area contributed by atoms with Gasteiger partial charge in [0.15, 0.2) is 0 Å². The van der Waals surface area contributed by atoms with Gasteiger partial charge in [-0.1, -0.05) is 0 Å². The Morgan fingerprint density at radius 3 is 2.42 bits per heavy atom. The summed E-state index contributed by atoms with van der Waals surface area (Å²) in [4.78, 5) is 31.2. The number of aromatic nitrogens is 2. The van der Waals surface area contributed by atoms with Crippen molar-refractivity contribution in [1.29, 1.82) is 0 Å². The van der Waals surface area contributed by atoms with Gasteiger partial charge >= 0.3 is 18.1 Å². The number of hydrogen-bond donors (Lipinski definition) is 1. The molecule has 0 spiro atoms. The lowest BCUT2D eigenvalue weighted by atomic mass is 10.1. The summed E-state index contributed by atoms with van der Waals surface area (Å²) >= 11 is 0. The summed E-state index contributed by atoms with van der Waals surface area (Å²) in [6.07, 6.45) is -2.73. The minimum absolute atomic E-state index is 0.00999. The predicted molar refractivity (Wildman–Crippen MR) is 80.0 cm³/mol. The molecule has 1 unspecified atom stereocenters. The lowest BCUT2D eigenvalue weighted by Crippen LogP contribution is -2.38. The van der Waals surface area contributed by atoms with Crippen LogP contribution in [0.15, 0.2) is 36.7 Å². The van der Waals surface area contributed by atoms with Crippen LogP contribution in [0.5, 0.6) is 0 Å². The quantitative estimate of drug-likeness (QED) is 0.660. The summed E-state index contributed by atoms with van der Waals surface area (Å²) in [6, 6.07) is 3.12. The first kappa shape index (κ1) is 19.3. The number of rotatable bonds is 4. The summed E-state index contributed by atoms with van der Waals surface area (Å²) in [5, 5.41) is 8.97. The first-order valence-corrected chi connectivity index (χ1v) is 7.27. The van der Waals surface area contributed by atoms with Gasteiger partial charge in [-0.05, 0) is 31.2 Å². The van der Waals surface area contributed by atoms with E-state index in [0.717, 1.165) is 23.1 Å². The number of pyridine rings is 2. The summed E-state index contributed by atoms with van der Waals surface area (Å²) in [5.41, 5.74) is -1.15. The van der Waals surface area contributed by atoms with E-state index in [9.17, 15) is 27.2 Å². The van der Waals surface area contributed by atoms with E-state index in [0.29, 0.717) is 6.20 Å².